The van der Waals surface area contributed by atoms with Crippen LogP contribution in [0, 0.1) is 5.82 Å². The first-order chi connectivity index (χ1) is 7.50. The molecule has 2 rings (SSSR count). The third kappa shape index (κ3) is 2.03. The maximum Gasteiger partial charge on any atom is 0.419 e. The molecule has 6 heteroatoms. The number of alkyl halides is 3. The topological polar surface area (TPSA) is 21.3 Å². The average Bonchev–Trinajstić information content (AvgIpc) is 2.69. The molecule has 0 aromatic heterocycles. The van der Waals surface area contributed by atoms with Crippen molar-refractivity contribution in [2.75, 3.05) is 6.61 Å². The van der Waals surface area contributed by atoms with E-state index in [1.807, 2.05) is 0 Å². The fourth-order valence-electron chi connectivity index (χ4n) is 1.65. The van der Waals surface area contributed by atoms with E-state index in [1.165, 1.54) is 12.1 Å². The molecule has 1 aromatic carbocycles. The predicted molar refractivity (Wildman–Crippen MR) is 47.8 cm³/mol. The van der Waals surface area contributed by atoms with E-state index in [9.17, 15) is 17.6 Å². The van der Waals surface area contributed by atoms with Gasteiger partial charge in [0.2, 0.25) is 0 Å². The van der Waals surface area contributed by atoms with Crippen molar-refractivity contribution in [2.24, 2.45) is 0 Å². The molecule has 1 fully saturated rings. The van der Waals surface area contributed by atoms with Crippen molar-refractivity contribution in [3.05, 3.63) is 35.1 Å². The second-order valence-electron chi connectivity index (χ2n) is 3.51. The van der Waals surface area contributed by atoms with Crippen LogP contribution < -0.4 is 5.48 Å². The Kier molecular flexibility index (Phi) is 2.86. The summed E-state index contributed by atoms with van der Waals surface area (Å²) in [5.41, 5.74) is 1.24. The van der Waals surface area contributed by atoms with Crippen molar-refractivity contribution in [1.29, 1.82) is 0 Å². The molecular weight excluding hydrogens is 226 g/mol. The minimum atomic E-state index is -4.67. The minimum absolute atomic E-state index is 0.00711. The standard InChI is InChI=1S/C10H9F4NO/c11-9-6(8-4-5-16-15-8)2-1-3-7(9)10(12,13)14/h1-3,8,15H,4-5H2. The highest BCUT2D eigenvalue weighted by Crippen LogP contribution is 2.35. The Bertz CT molecular complexity index is 385. The van der Waals surface area contributed by atoms with Gasteiger partial charge in [0.05, 0.1) is 18.2 Å². The van der Waals surface area contributed by atoms with Gasteiger partial charge in [-0.3, -0.25) is 0 Å². The Balaban J connectivity index is 2.40. The molecule has 0 amide bonds. The highest BCUT2D eigenvalue weighted by atomic mass is 19.4. The summed E-state index contributed by atoms with van der Waals surface area (Å²) in [6, 6.07) is 2.74. The van der Waals surface area contributed by atoms with Gasteiger partial charge < -0.3 is 4.84 Å². The van der Waals surface area contributed by atoms with Crippen LogP contribution in [0.25, 0.3) is 0 Å². The van der Waals surface area contributed by atoms with Gasteiger partial charge in [0.15, 0.2) is 0 Å². The lowest BCUT2D eigenvalue weighted by Gasteiger charge is -2.14. The van der Waals surface area contributed by atoms with Crippen molar-refractivity contribution in [2.45, 2.75) is 18.6 Å². The molecule has 1 N–H and O–H groups in total. The van der Waals surface area contributed by atoms with E-state index in [0.29, 0.717) is 13.0 Å². The van der Waals surface area contributed by atoms with Crippen molar-refractivity contribution in [3.63, 3.8) is 0 Å². The summed E-state index contributed by atoms with van der Waals surface area (Å²) in [7, 11) is 0. The van der Waals surface area contributed by atoms with Gasteiger partial charge >= 0.3 is 6.18 Å². The highest BCUT2D eigenvalue weighted by molar-refractivity contribution is 5.30. The molecule has 1 aliphatic rings. The third-order valence-electron chi connectivity index (χ3n) is 2.44. The molecule has 0 bridgehead atoms. The molecule has 88 valence electrons. The van der Waals surface area contributed by atoms with Crippen LogP contribution in [-0.4, -0.2) is 6.61 Å². The number of nitrogens with one attached hydrogen (secondary N) is 1. The van der Waals surface area contributed by atoms with E-state index in [4.69, 9.17) is 4.84 Å². The van der Waals surface area contributed by atoms with Gasteiger partial charge in [-0.25, -0.2) is 4.39 Å². The fraction of sp³-hybridized carbons (Fsp3) is 0.400. The Hall–Kier alpha value is -1.14. The lowest BCUT2D eigenvalue weighted by Crippen LogP contribution is -2.16. The van der Waals surface area contributed by atoms with Gasteiger partial charge in [0, 0.05) is 5.56 Å². The Morgan fingerprint density at radius 2 is 2.06 bits per heavy atom. The maximum absolute atomic E-state index is 13.6. The molecule has 2 nitrogen and oxygen atoms in total. The molecule has 0 radical (unpaired) electrons. The number of rotatable bonds is 1. The minimum Gasteiger partial charge on any atom is -0.301 e. The lowest BCUT2D eigenvalue weighted by molar-refractivity contribution is -0.140. The van der Waals surface area contributed by atoms with Crippen molar-refractivity contribution in [1.82, 2.24) is 5.48 Å². The first kappa shape index (κ1) is 11.3. The van der Waals surface area contributed by atoms with E-state index in [2.05, 4.69) is 5.48 Å². The predicted octanol–water partition coefficient (Wildman–Crippen LogP) is 2.81. The van der Waals surface area contributed by atoms with Crippen LogP contribution in [0.3, 0.4) is 0 Å². The van der Waals surface area contributed by atoms with Crippen LogP contribution in [0.4, 0.5) is 17.6 Å². The zero-order valence-corrected chi connectivity index (χ0v) is 8.14. The SMILES string of the molecule is Fc1c(C2CCON2)cccc1C(F)(F)F. The molecule has 1 heterocycles. The first-order valence-electron chi connectivity index (χ1n) is 4.73. The summed E-state index contributed by atoms with van der Waals surface area (Å²) in [5, 5.41) is 0. The second kappa shape index (κ2) is 4.03. The van der Waals surface area contributed by atoms with E-state index in [-0.39, 0.29) is 5.56 Å². The monoisotopic (exact) mass is 235 g/mol. The van der Waals surface area contributed by atoms with E-state index in [0.717, 1.165) is 6.07 Å². The Morgan fingerprint density at radius 3 is 2.62 bits per heavy atom. The second-order valence-corrected chi connectivity index (χ2v) is 3.51. The average molecular weight is 235 g/mol. The molecule has 1 atom stereocenters. The summed E-state index contributed by atoms with van der Waals surface area (Å²) in [6.07, 6.45) is -4.21. The van der Waals surface area contributed by atoms with Crippen LogP contribution in [0.5, 0.6) is 0 Å². The van der Waals surface area contributed by atoms with Crippen LogP contribution in [0.1, 0.15) is 23.6 Å². The largest absolute Gasteiger partial charge is 0.419 e. The van der Waals surface area contributed by atoms with E-state index < -0.39 is 23.6 Å². The number of benzene rings is 1. The zero-order chi connectivity index (χ0) is 11.8. The smallest absolute Gasteiger partial charge is 0.301 e. The first-order valence-corrected chi connectivity index (χ1v) is 4.73. The number of hydroxylamine groups is 1. The van der Waals surface area contributed by atoms with Crippen LogP contribution in [0.2, 0.25) is 0 Å². The Morgan fingerprint density at radius 1 is 1.31 bits per heavy atom. The molecule has 1 unspecified atom stereocenters. The summed E-state index contributed by atoms with van der Waals surface area (Å²) in [4.78, 5) is 4.79. The van der Waals surface area contributed by atoms with Crippen LogP contribution >= 0.6 is 0 Å². The van der Waals surface area contributed by atoms with Crippen LogP contribution in [-0.2, 0) is 11.0 Å². The number of hydrogen-bond acceptors (Lipinski definition) is 2. The van der Waals surface area contributed by atoms with Crippen LogP contribution in [0.15, 0.2) is 18.2 Å². The molecular formula is C10H9F4NO. The van der Waals surface area contributed by atoms with Crippen molar-refractivity contribution < 1.29 is 22.4 Å². The fourth-order valence-corrected chi connectivity index (χ4v) is 1.65. The maximum atomic E-state index is 13.6. The quantitative estimate of drug-likeness (QED) is 0.756. The van der Waals surface area contributed by atoms with Crippen molar-refractivity contribution in [3.8, 4) is 0 Å². The summed E-state index contributed by atoms with van der Waals surface area (Å²) in [6.45, 7) is 0.361. The number of halogens is 4. The van der Waals surface area contributed by atoms with E-state index >= 15 is 0 Å². The molecule has 1 aliphatic heterocycles. The highest BCUT2D eigenvalue weighted by Gasteiger charge is 2.36. The summed E-state index contributed by atoms with van der Waals surface area (Å²) >= 11 is 0. The molecule has 1 saturated heterocycles. The zero-order valence-electron chi connectivity index (χ0n) is 8.14. The molecule has 1 aromatic rings. The van der Waals surface area contributed by atoms with Gasteiger partial charge in [-0.1, -0.05) is 12.1 Å². The Labute approximate surface area is 89.2 Å². The summed E-state index contributed by atoms with van der Waals surface area (Å²) < 4.78 is 50.9. The van der Waals surface area contributed by atoms with Gasteiger partial charge in [0.25, 0.3) is 0 Å². The van der Waals surface area contributed by atoms with E-state index in [1.54, 1.807) is 0 Å². The molecule has 0 spiro atoms. The summed E-state index contributed by atoms with van der Waals surface area (Å²) in [5.74, 6) is -1.22. The molecule has 0 aliphatic carbocycles. The van der Waals surface area contributed by atoms with Gasteiger partial charge in [-0.05, 0) is 12.5 Å². The third-order valence-corrected chi connectivity index (χ3v) is 2.44. The van der Waals surface area contributed by atoms with Gasteiger partial charge in [0.1, 0.15) is 5.82 Å². The number of hydrogen-bond donors (Lipinski definition) is 1. The van der Waals surface area contributed by atoms with Gasteiger partial charge in [-0.15, -0.1) is 0 Å². The molecule has 0 saturated carbocycles. The lowest BCUT2D eigenvalue weighted by atomic mass is 10.0. The molecule has 16 heavy (non-hydrogen) atoms. The van der Waals surface area contributed by atoms with Gasteiger partial charge in [-0.2, -0.15) is 18.7 Å². The normalized spacial score (nSPS) is 21.4. The van der Waals surface area contributed by atoms with Crippen molar-refractivity contribution >= 4 is 0 Å².